The van der Waals surface area contributed by atoms with Gasteiger partial charge in [-0.3, -0.25) is 0 Å². The average molecular weight is 462 g/mol. The van der Waals surface area contributed by atoms with Crippen LogP contribution in [0.5, 0.6) is 0 Å². The summed E-state index contributed by atoms with van der Waals surface area (Å²) in [5.41, 5.74) is 1.93. The normalized spacial score (nSPS) is 18.6. The third kappa shape index (κ3) is 7.06. The third-order valence-electron chi connectivity index (χ3n) is 5.63. The van der Waals surface area contributed by atoms with E-state index in [-0.39, 0.29) is 12.0 Å². The van der Waals surface area contributed by atoms with Crippen LogP contribution in [0.2, 0.25) is 0 Å². The van der Waals surface area contributed by atoms with Crippen molar-refractivity contribution in [3.8, 4) is 0 Å². The number of ether oxygens (including phenoxy) is 1. The van der Waals surface area contributed by atoms with Crippen LogP contribution in [0.1, 0.15) is 74.9 Å². The van der Waals surface area contributed by atoms with Crippen LogP contribution in [0, 0.1) is 11.8 Å². The van der Waals surface area contributed by atoms with E-state index in [4.69, 9.17) is 4.74 Å². The van der Waals surface area contributed by atoms with E-state index in [0.29, 0.717) is 16.5 Å². The van der Waals surface area contributed by atoms with Crippen LogP contribution in [-0.2, 0) is 4.74 Å². The maximum absolute atomic E-state index is 12.7. The molecule has 5 nitrogen and oxygen atoms in total. The highest BCUT2D eigenvalue weighted by molar-refractivity contribution is 7.15. The molecule has 0 aromatic carbocycles. The lowest BCUT2D eigenvalue weighted by Gasteiger charge is -2.36. The number of allylic oxidation sites excluding steroid dienone is 3. The molecule has 0 aliphatic heterocycles. The summed E-state index contributed by atoms with van der Waals surface area (Å²) < 4.78 is 5.10. The maximum atomic E-state index is 12.7. The molecule has 4 unspecified atom stereocenters. The number of carbonyl (C=O) groups excluding carboxylic acids is 1. The molecular weight excluding hydrogens is 422 g/mol. The van der Waals surface area contributed by atoms with Gasteiger partial charge in [-0.15, -0.1) is 11.3 Å². The average Bonchev–Trinajstić information content (AvgIpc) is 3.21. The van der Waals surface area contributed by atoms with Gasteiger partial charge in [0.1, 0.15) is 11.1 Å². The van der Waals surface area contributed by atoms with Crippen LogP contribution in [0.25, 0.3) is 5.57 Å². The first-order valence-corrected chi connectivity index (χ1v) is 12.4. The fraction of sp³-hybridized carbons (Fsp3) is 0.577. The molecule has 1 aliphatic carbocycles. The van der Waals surface area contributed by atoms with Crippen LogP contribution in [0.15, 0.2) is 36.4 Å². The number of anilines is 1. The summed E-state index contributed by atoms with van der Waals surface area (Å²) in [6.07, 6.45) is 12.8. The molecule has 1 aliphatic rings. The number of methoxy groups -OCH3 is 1. The van der Waals surface area contributed by atoms with Crippen LogP contribution < -0.4 is 4.90 Å². The Morgan fingerprint density at radius 3 is 2.38 bits per heavy atom. The first-order valence-electron chi connectivity index (χ1n) is 11.6. The van der Waals surface area contributed by atoms with Crippen LogP contribution in [-0.4, -0.2) is 41.7 Å². The van der Waals surface area contributed by atoms with E-state index in [1.807, 2.05) is 37.0 Å². The van der Waals surface area contributed by atoms with Gasteiger partial charge >= 0.3 is 5.97 Å². The van der Waals surface area contributed by atoms with E-state index < -0.39 is 18.3 Å². The van der Waals surface area contributed by atoms with Crippen LogP contribution in [0.4, 0.5) is 5.69 Å². The Balaban J connectivity index is 2.56. The standard InChI is InChI=1S/C26H39NO4S/c1-17(2)12-13-18(3)25(29)27(19(4)14-15-20(5)28)22-16-23(21-10-8-7-9-11-21)32-24(22)26(30)31-6/h10,12-20,25,28-29H,7-9,11H2,1-6H3/b13-12+,15-14+. The summed E-state index contributed by atoms with van der Waals surface area (Å²) in [5.74, 6) is -0.188. The smallest absolute Gasteiger partial charge is 0.350 e. The summed E-state index contributed by atoms with van der Waals surface area (Å²) in [4.78, 5) is 16.1. The highest BCUT2D eigenvalue weighted by Gasteiger charge is 2.31. The van der Waals surface area contributed by atoms with Crippen LogP contribution >= 0.6 is 11.3 Å². The van der Waals surface area contributed by atoms with E-state index in [1.165, 1.54) is 30.4 Å². The van der Waals surface area contributed by atoms with Crippen molar-refractivity contribution in [3.63, 3.8) is 0 Å². The fourth-order valence-electron chi connectivity index (χ4n) is 3.80. The Morgan fingerprint density at radius 2 is 1.81 bits per heavy atom. The molecule has 178 valence electrons. The molecule has 0 bridgehead atoms. The van der Waals surface area contributed by atoms with Crippen molar-refractivity contribution in [3.05, 3.63) is 46.2 Å². The molecule has 0 saturated carbocycles. The molecule has 1 heterocycles. The SMILES string of the molecule is COC(=O)c1sc(C2=CCCCC2)cc1N(C(C)/C=C/C(C)O)C(O)C(C)/C=C/C(C)C. The number of hydrogen-bond donors (Lipinski definition) is 2. The molecule has 1 aromatic heterocycles. The Bertz CT molecular complexity index is 837. The van der Waals surface area contributed by atoms with Gasteiger partial charge in [0, 0.05) is 16.8 Å². The molecule has 0 radical (unpaired) electrons. The number of carbonyl (C=O) groups is 1. The molecule has 32 heavy (non-hydrogen) atoms. The Labute approximate surface area is 197 Å². The molecule has 6 heteroatoms. The summed E-state index contributed by atoms with van der Waals surface area (Å²) in [6, 6.07) is 1.77. The number of rotatable bonds is 10. The molecule has 2 rings (SSSR count). The van der Waals surface area contributed by atoms with E-state index >= 15 is 0 Å². The lowest BCUT2D eigenvalue weighted by atomic mass is 9.98. The minimum absolute atomic E-state index is 0.164. The third-order valence-corrected chi connectivity index (χ3v) is 6.81. The van der Waals surface area contributed by atoms with E-state index in [9.17, 15) is 15.0 Å². The zero-order valence-electron chi connectivity index (χ0n) is 20.2. The van der Waals surface area contributed by atoms with Gasteiger partial charge in [0.15, 0.2) is 0 Å². The van der Waals surface area contributed by atoms with Gasteiger partial charge in [-0.2, -0.15) is 0 Å². The highest BCUT2D eigenvalue weighted by atomic mass is 32.1. The largest absolute Gasteiger partial charge is 0.465 e. The second-order valence-corrected chi connectivity index (χ2v) is 10.0. The molecule has 1 aromatic rings. The summed E-state index contributed by atoms with van der Waals surface area (Å²) >= 11 is 1.43. The zero-order valence-corrected chi connectivity index (χ0v) is 21.1. The van der Waals surface area contributed by atoms with Crippen molar-refractivity contribution in [2.45, 2.75) is 78.7 Å². The molecule has 0 fully saturated rings. The Hall–Kier alpha value is -1.89. The topological polar surface area (TPSA) is 70.0 Å². The number of nitrogens with zero attached hydrogens (tertiary/aromatic N) is 1. The highest BCUT2D eigenvalue weighted by Crippen LogP contribution is 2.40. The van der Waals surface area contributed by atoms with Gasteiger partial charge in [-0.1, -0.05) is 51.2 Å². The number of aliphatic hydroxyl groups is 2. The summed E-state index contributed by atoms with van der Waals surface area (Å²) in [6.45, 7) is 9.81. The van der Waals surface area contributed by atoms with Crippen molar-refractivity contribution in [1.29, 1.82) is 0 Å². The molecule has 2 N–H and O–H groups in total. The van der Waals surface area contributed by atoms with Gasteiger partial charge in [0.25, 0.3) is 0 Å². The predicted molar refractivity (Wildman–Crippen MR) is 134 cm³/mol. The van der Waals surface area contributed by atoms with Gasteiger partial charge in [0.2, 0.25) is 0 Å². The second kappa shape index (κ2) is 12.4. The van der Waals surface area contributed by atoms with Crippen molar-refractivity contribution >= 4 is 28.6 Å². The van der Waals surface area contributed by atoms with Crippen molar-refractivity contribution in [2.24, 2.45) is 11.8 Å². The van der Waals surface area contributed by atoms with Crippen molar-refractivity contribution in [2.75, 3.05) is 12.0 Å². The lowest BCUT2D eigenvalue weighted by Crippen LogP contribution is -2.45. The first kappa shape index (κ1) is 26.4. The second-order valence-electron chi connectivity index (χ2n) is 8.97. The number of hydrogen-bond acceptors (Lipinski definition) is 6. The van der Waals surface area contributed by atoms with Gasteiger partial charge in [0.05, 0.1) is 18.9 Å². The number of aliphatic hydroxyl groups excluding tert-OH is 2. The lowest BCUT2D eigenvalue weighted by molar-refractivity contribution is 0.0605. The first-order chi connectivity index (χ1) is 15.1. The van der Waals surface area contributed by atoms with Gasteiger partial charge in [-0.25, -0.2) is 4.79 Å². The van der Waals surface area contributed by atoms with Crippen molar-refractivity contribution < 1.29 is 19.7 Å². The minimum Gasteiger partial charge on any atom is -0.465 e. The molecular formula is C26H39NO4S. The van der Waals surface area contributed by atoms with E-state index in [0.717, 1.165) is 24.1 Å². The Morgan fingerprint density at radius 1 is 1.09 bits per heavy atom. The van der Waals surface area contributed by atoms with E-state index in [1.54, 1.807) is 13.0 Å². The predicted octanol–water partition coefficient (Wildman–Crippen LogP) is 5.79. The van der Waals surface area contributed by atoms with Gasteiger partial charge in [-0.05, 0) is 57.1 Å². The number of thiophene rings is 1. The zero-order chi connectivity index (χ0) is 23.8. The summed E-state index contributed by atoms with van der Waals surface area (Å²) in [5, 5.41) is 21.1. The molecule has 4 atom stereocenters. The quantitative estimate of drug-likeness (QED) is 0.262. The Kier molecular flexibility index (Phi) is 10.2. The number of esters is 1. The maximum Gasteiger partial charge on any atom is 0.350 e. The van der Waals surface area contributed by atoms with Gasteiger partial charge < -0.3 is 19.8 Å². The molecule has 0 saturated heterocycles. The monoisotopic (exact) mass is 461 g/mol. The molecule has 0 spiro atoms. The van der Waals surface area contributed by atoms with Crippen LogP contribution in [0.3, 0.4) is 0 Å². The fourth-order valence-corrected chi connectivity index (χ4v) is 4.94. The van der Waals surface area contributed by atoms with Crippen molar-refractivity contribution in [1.82, 2.24) is 0 Å². The van der Waals surface area contributed by atoms with E-state index in [2.05, 4.69) is 26.0 Å². The molecule has 0 amide bonds. The minimum atomic E-state index is -0.857. The summed E-state index contributed by atoms with van der Waals surface area (Å²) in [7, 11) is 1.39.